The lowest BCUT2D eigenvalue weighted by atomic mass is 10.2. The van der Waals surface area contributed by atoms with Crippen LogP contribution >= 0.6 is 11.6 Å². The van der Waals surface area contributed by atoms with Crippen molar-refractivity contribution in [2.24, 2.45) is 5.73 Å². The van der Waals surface area contributed by atoms with Crippen LogP contribution in [-0.4, -0.2) is 24.7 Å². The van der Waals surface area contributed by atoms with E-state index < -0.39 is 15.8 Å². The van der Waals surface area contributed by atoms with Crippen LogP contribution in [0.25, 0.3) is 10.9 Å². The summed E-state index contributed by atoms with van der Waals surface area (Å²) in [5, 5.41) is 0.986. The molecule has 0 aliphatic carbocycles. The van der Waals surface area contributed by atoms with E-state index in [0.717, 1.165) is 9.54 Å². The van der Waals surface area contributed by atoms with Gasteiger partial charge in [0.2, 0.25) is 0 Å². The highest BCUT2D eigenvalue weighted by Crippen LogP contribution is 2.28. The van der Waals surface area contributed by atoms with Crippen LogP contribution in [0.5, 0.6) is 0 Å². The fourth-order valence-corrected chi connectivity index (χ4v) is 4.21. The van der Waals surface area contributed by atoms with Crippen molar-refractivity contribution in [3.05, 3.63) is 64.8 Å². The Bertz CT molecular complexity index is 1040. The zero-order valence-corrected chi connectivity index (χ0v) is 14.4. The van der Waals surface area contributed by atoms with E-state index in [-0.39, 0.29) is 17.1 Å². The second kappa shape index (κ2) is 6.05. The molecule has 0 spiro atoms. The summed E-state index contributed by atoms with van der Waals surface area (Å²) in [4.78, 5) is 12.3. The SMILES string of the molecule is Cc1ccc(S(=O)(=O)n2c(C(=O)CN)cc3ccc(Cl)cc32)cc1. The molecule has 0 saturated heterocycles. The molecule has 0 aliphatic heterocycles. The van der Waals surface area contributed by atoms with Crippen molar-refractivity contribution in [3.8, 4) is 0 Å². The maximum Gasteiger partial charge on any atom is 0.268 e. The fourth-order valence-electron chi connectivity index (χ4n) is 2.52. The summed E-state index contributed by atoms with van der Waals surface area (Å²) in [6.45, 7) is 1.58. The first-order chi connectivity index (χ1) is 11.3. The van der Waals surface area contributed by atoms with Crippen LogP contribution in [0.15, 0.2) is 53.4 Å². The minimum atomic E-state index is -3.96. The van der Waals surface area contributed by atoms with Gasteiger partial charge in [-0.1, -0.05) is 35.4 Å². The van der Waals surface area contributed by atoms with Crippen molar-refractivity contribution >= 4 is 38.3 Å². The molecule has 0 unspecified atom stereocenters. The molecule has 0 atom stereocenters. The number of halogens is 1. The Labute approximate surface area is 144 Å². The first-order valence-electron chi connectivity index (χ1n) is 7.21. The minimum Gasteiger partial charge on any atom is -0.324 e. The number of nitrogens with two attached hydrogens (primary N) is 1. The molecule has 2 aromatic carbocycles. The van der Waals surface area contributed by atoms with Gasteiger partial charge in [0.1, 0.15) is 5.69 Å². The summed E-state index contributed by atoms with van der Waals surface area (Å²) in [7, 11) is -3.96. The smallest absolute Gasteiger partial charge is 0.268 e. The van der Waals surface area contributed by atoms with Crippen LogP contribution < -0.4 is 5.73 Å². The number of aryl methyl sites for hydroxylation is 1. The molecule has 24 heavy (non-hydrogen) atoms. The van der Waals surface area contributed by atoms with Gasteiger partial charge in [0.05, 0.1) is 17.0 Å². The van der Waals surface area contributed by atoms with Gasteiger partial charge < -0.3 is 5.73 Å². The van der Waals surface area contributed by atoms with Crippen LogP contribution in [0, 0.1) is 6.92 Å². The topological polar surface area (TPSA) is 82.2 Å². The van der Waals surface area contributed by atoms with Gasteiger partial charge in [0, 0.05) is 10.4 Å². The molecule has 0 fully saturated rings. The molecule has 2 N–H and O–H groups in total. The third-order valence-electron chi connectivity index (χ3n) is 3.75. The van der Waals surface area contributed by atoms with E-state index >= 15 is 0 Å². The largest absolute Gasteiger partial charge is 0.324 e. The summed E-state index contributed by atoms with van der Waals surface area (Å²) >= 11 is 6.01. The predicted octanol–water partition coefficient (Wildman–Crippen LogP) is 2.98. The van der Waals surface area contributed by atoms with Crippen LogP contribution in [-0.2, 0) is 10.0 Å². The van der Waals surface area contributed by atoms with Gasteiger partial charge >= 0.3 is 0 Å². The fraction of sp³-hybridized carbons (Fsp3) is 0.118. The lowest BCUT2D eigenvalue weighted by Crippen LogP contribution is -2.22. The molecule has 5 nitrogen and oxygen atoms in total. The Morgan fingerprint density at radius 1 is 1.12 bits per heavy atom. The molecular weight excluding hydrogens is 348 g/mol. The third kappa shape index (κ3) is 2.73. The van der Waals surface area contributed by atoms with E-state index in [1.165, 1.54) is 24.3 Å². The predicted molar refractivity (Wildman–Crippen MR) is 94.1 cm³/mol. The molecule has 3 rings (SSSR count). The highest BCUT2D eigenvalue weighted by atomic mass is 35.5. The van der Waals surface area contributed by atoms with Crippen molar-refractivity contribution < 1.29 is 13.2 Å². The number of carbonyl (C=O) groups excluding carboxylic acids is 1. The van der Waals surface area contributed by atoms with Crippen molar-refractivity contribution in [3.63, 3.8) is 0 Å². The van der Waals surface area contributed by atoms with Gasteiger partial charge in [-0.15, -0.1) is 0 Å². The number of rotatable bonds is 4. The van der Waals surface area contributed by atoms with Crippen LogP contribution in [0.2, 0.25) is 5.02 Å². The van der Waals surface area contributed by atoms with E-state index in [1.807, 2.05) is 6.92 Å². The number of ketones is 1. The monoisotopic (exact) mass is 362 g/mol. The van der Waals surface area contributed by atoms with E-state index in [1.54, 1.807) is 24.3 Å². The number of Topliss-reactive ketones (excluding diaryl/α,β-unsaturated/α-hetero) is 1. The minimum absolute atomic E-state index is 0.0235. The number of hydrogen-bond acceptors (Lipinski definition) is 4. The zero-order valence-electron chi connectivity index (χ0n) is 12.9. The maximum absolute atomic E-state index is 13.1. The lowest BCUT2D eigenvalue weighted by Gasteiger charge is -2.11. The molecule has 124 valence electrons. The molecule has 3 aromatic rings. The lowest BCUT2D eigenvalue weighted by molar-refractivity contribution is 0.0996. The summed E-state index contributed by atoms with van der Waals surface area (Å²) in [5.41, 5.74) is 6.75. The van der Waals surface area contributed by atoms with Gasteiger partial charge in [0.15, 0.2) is 5.78 Å². The van der Waals surface area contributed by atoms with E-state index in [4.69, 9.17) is 17.3 Å². The quantitative estimate of drug-likeness (QED) is 0.723. The van der Waals surface area contributed by atoms with Crippen molar-refractivity contribution in [1.82, 2.24) is 3.97 Å². The second-order valence-electron chi connectivity index (χ2n) is 5.44. The van der Waals surface area contributed by atoms with Crippen molar-refractivity contribution in [2.75, 3.05) is 6.54 Å². The van der Waals surface area contributed by atoms with Crippen LogP contribution in [0.3, 0.4) is 0 Å². The Hall–Kier alpha value is -2.15. The van der Waals surface area contributed by atoms with E-state index in [2.05, 4.69) is 0 Å². The number of hydrogen-bond donors (Lipinski definition) is 1. The number of fused-ring (bicyclic) bond motifs is 1. The molecule has 0 radical (unpaired) electrons. The number of nitrogens with zero attached hydrogens (tertiary/aromatic N) is 1. The molecular formula is C17H15ClN2O3S. The average molecular weight is 363 g/mol. The Morgan fingerprint density at radius 2 is 1.79 bits per heavy atom. The van der Waals surface area contributed by atoms with Gasteiger partial charge in [-0.2, -0.15) is 0 Å². The molecule has 0 bridgehead atoms. The van der Waals surface area contributed by atoms with Crippen molar-refractivity contribution in [2.45, 2.75) is 11.8 Å². The molecule has 0 amide bonds. The van der Waals surface area contributed by atoms with Crippen LogP contribution in [0.4, 0.5) is 0 Å². The number of carbonyl (C=O) groups is 1. The van der Waals surface area contributed by atoms with Gasteiger partial charge in [0.25, 0.3) is 10.0 Å². The Balaban J connectivity index is 2.36. The maximum atomic E-state index is 13.1. The highest BCUT2D eigenvalue weighted by Gasteiger charge is 2.25. The van der Waals surface area contributed by atoms with Gasteiger partial charge in [-0.3, -0.25) is 4.79 Å². The van der Waals surface area contributed by atoms with E-state index in [9.17, 15) is 13.2 Å². The number of aromatic nitrogens is 1. The summed E-state index contributed by atoms with van der Waals surface area (Å²) in [6, 6.07) is 12.8. The Kier molecular flexibility index (Phi) is 4.21. The third-order valence-corrected chi connectivity index (χ3v) is 5.73. The number of benzene rings is 2. The van der Waals surface area contributed by atoms with Gasteiger partial charge in [-0.25, -0.2) is 12.4 Å². The normalized spacial score (nSPS) is 11.8. The standard InChI is InChI=1S/C17H15ClN2O3S/c1-11-2-6-14(7-3-11)24(22,23)20-15-9-13(18)5-4-12(15)8-16(20)17(21)10-19/h2-9H,10,19H2,1H3. The molecule has 1 heterocycles. The first-order valence-corrected chi connectivity index (χ1v) is 9.03. The second-order valence-corrected chi connectivity index (χ2v) is 7.67. The Morgan fingerprint density at radius 3 is 2.42 bits per heavy atom. The average Bonchev–Trinajstić information content (AvgIpc) is 2.93. The summed E-state index contributed by atoms with van der Waals surface area (Å²) < 4.78 is 27.2. The van der Waals surface area contributed by atoms with E-state index in [0.29, 0.717) is 15.9 Å². The molecule has 0 aliphatic rings. The highest BCUT2D eigenvalue weighted by molar-refractivity contribution is 7.90. The summed E-state index contributed by atoms with van der Waals surface area (Å²) in [5.74, 6) is -0.460. The first kappa shape index (κ1) is 16.7. The molecule has 7 heteroatoms. The van der Waals surface area contributed by atoms with Gasteiger partial charge in [-0.05, 0) is 37.3 Å². The van der Waals surface area contributed by atoms with Crippen molar-refractivity contribution in [1.29, 1.82) is 0 Å². The van der Waals surface area contributed by atoms with Crippen LogP contribution in [0.1, 0.15) is 16.1 Å². The zero-order chi connectivity index (χ0) is 17.5. The summed E-state index contributed by atoms with van der Waals surface area (Å²) in [6.07, 6.45) is 0. The molecule has 1 aromatic heterocycles. The molecule has 0 saturated carbocycles.